The summed E-state index contributed by atoms with van der Waals surface area (Å²) >= 11 is 0. The van der Waals surface area contributed by atoms with Gasteiger partial charge in [-0.15, -0.1) is 0 Å². The van der Waals surface area contributed by atoms with Gasteiger partial charge in [0.1, 0.15) is 0 Å². The highest BCUT2D eigenvalue weighted by molar-refractivity contribution is 6.01. The smallest absolute Gasteiger partial charge is 0.307 e. The third-order valence-electron chi connectivity index (χ3n) is 2.67. The first-order valence-corrected chi connectivity index (χ1v) is 6.07. The number of carbonyl (C=O) groups excluding carboxylic acids is 2. The summed E-state index contributed by atoms with van der Waals surface area (Å²) in [6.07, 6.45) is 0.00788. The van der Waals surface area contributed by atoms with E-state index in [4.69, 9.17) is 4.74 Å². The minimum Gasteiger partial charge on any atom is -0.469 e. The number of ether oxygens (including phenoxy) is 2. The first-order chi connectivity index (χ1) is 9.19. The minimum absolute atomic E-state index is 0.00788. The topological polar surface area (TPSA) is 64.6 Å². The maximum atomic E-state index is 12.3. The largest absolute Gasteiger partial charge is 0.469 e. The Kier molecular flexibility index (Phi) is 6.78. The lowest BCUT2D eigenvalue weighted by molar-refractivity contribution is -0.141. The number of hydrogen-bond acceptors (Lipinski definition) is 5. The third-order valence-corrected chi connectivity index (χ3v) is 2.67. The molecule has 0 aliphatic rings. The molecule has 0 radical (unpaired) electrons. The Morgan fingerprint density at radius 3 is 2.47 bits per heavy atom. The molecule has 1 aromatic rings. The summed E-state index contributed by atoms with van der Waals surface area (Å²) in [5, 5.41) is 3.01. The summed E-state index contributed by atoms with van der Waals surface area (Å²) in [5.41, 5.74) is 0.571. The van der Waals surface area contributed by atoms with Crippen LogP contribution < -0.4 is 5.32 Å². The van der Waals surface area contributed by atoms with Gasteiger partial charge in [0, 0.05) is 19.2 Å². The van der Waals surface area contributed by atoms with Crippen molar-refractivity contribution in [3.63, 3.8) is 0 Å². The minimum atomic E-state index is -0.593. The molecule has 0 heterocycles. The van der Waals surface area contributed by atoms with Gasteiger partial charge in [0.15, 0.2) is 5.78 Å². The number of carbonyl (C=O) groups is 2. The summed E-state index contributed by atoms with van der Waals surface area (Å²) in [6, 6.07) is 8.28. The van der Waals surface area contributed by atoms with Gasteiger partial charge in [-0.1, -0.05) is 30.3 Å². The van der Waals surface area contributed by atoms with Gasteiger partial charge >= 0.3 is 5.97 Å². The molecule has 1 atom stereocenters. The number of nitrogens with one attached hydrogen (secondary N) is 1. The molecule has 1 N–H and O–H groups in total. The van der Waals surface area contributed by atoms with Gasteiger partial charge in [-0.3, -0.25) is 9.59 Å². The predicted molar refractivity (Wildman–Crippen MR) is 71.1 cm³/mol. The fourth-order valence-corrected chi connectivity index (χ4v) is 1.65. The van der Waals surface area contributed by atoms with Crippen LogP contribution in [0, 0.1) is 0 Å². The molecule has 1 aromatic carbocycles. The van der Waals surface area contributed by atoms with Crippen LogP contribution >= 0.6 is 0 Å². The maximum absolute atomic E-state index is 12.3. The number of hydrogen-bond donors (Lipinski definition) is 1. The zero-order chi connectivity index (χ0) is 14.1. The summed E-state index contributed by atoms with van der Waals surface area (Å²) < 4.78 is 9.53. The van der Waals surface area contributed by atoms with E-state index in [1.165, 1.54) is 7.11 Å². The van der Waals surface area contributed by atoms with Crippen LogP contribution in [0.3, 0.4) is 0 Å². The highest BCUT2D eigenvalue weighted by Gasteiger charge is 2.22. The molecule has 5 heteroatoms. The van der Waals surface area contributed by atoms with Gasteiger partial charge in [0.2, 0.25) is 0 Å². The Labute approximate surface area is 112 Å². The fourth-order valence-electron chi connectivity index (χ4n) is 1.65. The van der Waals surface area contributed by atoms with Crippen LogP contribution in [0.5, 0.6) is 0 Å². The number of benzene rings is 1. The Bertz CT molecular complexity index is 405. The molecule has 0 aliphatic heterocycles. The van der Waals surface area contributed by atoms with Crippen molar-refractivity contribution >= 4 is 11.8 Å². The number of Topliss-reactive ketones (excluding diaryl/α,β-unsaturated/α-hetero) is 1. The third kappa shape index (κ3) is 5.19. The van der Waals surface area contributed by atoms with Crippen molar-refractivity contribution in [1.29, 1.82) is 0 Å². The number of ketones is 1. The summed E-state index contributed by atoms with van der Waals surface area (Å²) in [5.74, 6) is -0.540. The molecular formula is C14H19NO4. The van der Waals surface area contributed by atoms with Crippen molar-refractivity contribution < 1.29 is 19.1 Å². The molecule has 1 rings (SSSR count). The zero-order valence-electron chi connectivity index (χ0n) is 11.2. The SMILES string of the molecule is COCCNC(CC(=O)OC)C(=O)c1ccccc1. The summed E-state index contributed by atoms with van der Waals surface area (Å²) in [4.78, 5) is 23.6. The van der Waals surface area contributed by atoms with Gasteiger partial charge in [-0.25, -0.2) is 0 Å². The second kappa shape index (κ2) is 8.39. The molecule has 0 amide bonds. The van der Waals surface area contributed by atoms with E-state index in [0.717, 1.165) is 0 Å². The van der Waals surface area contributed by atoms with E-state index in [9.17, 15) is 9.59 Å². The predicted octanol–water partition coefficient (Wildman–Crippen LogP) is 1.04. The molecule has 0 saturated carbocycles. The van der Waals surface area contributed by atoms with Crippen molar-refractivity contribution in [2.45, 2.75) is 12.5 Å². The molecule has 19 heavy (non-hydrogen) atoms. The van der Waals surface area contributed by atoms with Crippen LogP contribution in [0.1, 0.15) is 16.8 Å². The molecule has 0 spiro atoms. The first kappa shape index (κ1) is 15.3. The monoisotopic (exact) mass is 265 g/mol. The molecule has 0 fully saturated rings. The van der Waals surface area contributed by atoms with E-state index in [-0.39, 0.29) is 12.2 Å². The normalized spacial score (nSPS) is 11.9. The van der Waals surface area contributed by atoms with Gasteiger partial charge in [-0.2, -0.15) is 0 Å². The van der Waals surface area contributed by atoms with Crippen LogP contribution in [0.25, 0.3) is 0 Å². The van der Waals surface area contributed by atoms with Gasteiger partial charge in [0.25, 0.3) is 0 Å². The van der Waals surface area contributed by atoms with Gasteiger partial charge in [-0.05, 0) is 0 Å². The number of rotatable bonds is 8. The molecule has 0 aromatic heterocycles. The van der Waals surface area contributed by atoms with E-state index in [0.29, 0.717) is 18.7 Å². The van der Waals surface area contributed by atoms with Crippen molar-refractivity contribution in [2.24, 2.45) is 0 Å². The lowest BCUT2D eigenvalue weighted by Crippen LogP contribution is -2.40. The Hall–Kier alpha value is -1.72. The van der Waals surface area contributed by atoms with E-state index in [1.807, 2.05) is 6.07 Å². The van der Waals surface area contributed by atoms with Crippen molar-refractivity contribution in [3.05, 3.63) is 35.9 Å². The standard InChI is InChI=1S/C14H19NO4/c1-18-9-8-15-12(10-13(16)19-2)14(17)11-6-4-3-5-7-11/h3-7,12,15H,8-10H2,1-2H3. The van der Waals surface area contributed by atoms with Crippen molar-refractivity contribution in [3.8, 4) is 0 Å². The van der Waals surface area contributed by atoms with Gasteiger partial charge < -0.3 is 14.8 Å². The van der Waals surface area contributed by atoms with Crippen LogP contribution in [0.4, 0.5) is 0 Å². The number of methoxy groups -OCH3 is 2. The molecule has 104 valence electrons. The Morgan fingerprint density at radius 1 is 1.21 bits per heavy atom. The summed E-state index contributed by atoms with van der Waals surface area (Å²) in [7, 11) is 2.89. The molecule has 0 bridgehead atoms. The van der Waals surface area contributed by atoms with E-state index in [2.05, 4.69) is 10.1 Å². The quantitative estimate of drug-likeness (QED) is 0.432. The van der Waals surface area contributed by atoms with Gasteiger partial charge in [0.05, 0.1) is 26.2 Å². The highest BCUT2D eigenvalue weighted by Crippen LogP contribution is 2.07. The lowest BCUT2D eigenvalue weighted by atomic mass is 10.0. The van der Waals surface area contributed by atoms with Crippen LogP contribution in [-0.4, -0.2) is 45.2 Å². The second-order valence-electron chi connectivity index (χ2n) is 4.01. The van der Waals surface area contributed by atoms with E-state index in [1.54, 1.807) is 31.4 Å². The van der Waals surface area contributed by atoms with Crippen LogP contribution in [-0.2, 0) is 14.3 Å². The van der Waals surface area contributed by atoms with E-state index < -0.39 is 12.0 Å². The molecule has 0 saturated heterocycles. The average Bonchev–Trinajstić information content (AvgIpc) is 2.46. The van der Waals surface area contributed by atoms with Crippen molar-refractivity contribution in [1.82, 2.24) is 5.32 Å². The maximum Gasteiger partial charge on any atom is 0.307 e. The van der Waals surface area contributed by atoms with Crippen LogP contribution in [0.2, 0.25) is 0 Å². The number of esters is 1. The Balaban J connectivity index is 2.71. The van der Waals surface area contributed by atoms with E-state index >= 15 is 0 Å². The fraction of sp³-hybridized carbons (Fsp3) is 0.429. The first-order valence-electron chi connectivity index (χ1n) is 6.07. The second-order valence-corrected chi connectivity index (χ2v) is 4.01. The molecular weight excluding hydrogens is 246 g/mol. The average molecular weight is 265 g/mol. The highest BCUT2D eigenvalue weighted by atomic mass is 16.5. The van der Waals surface area contributed by atoms with Crippen molar-refractivity contribution in [2.75, 3.05) is 27.4 Å². The zero-order valence-corrected chi connectivity index (χ0v) is 11.2. The lowest BCUT2D eigenvalue weighted by Gasteiger charge is -2.16. The molecule has 0 aliphatic carbocycles. The molecule has 1 unspecified atom stereocenters. The Morgan fingerprint density at radius 2 is 1.89 bits per heavy atom. The molecule has 5 nitrogen and oxygen atoms in total. The summed E-state index contributed by atoms with van der Waals surface area (Å²) in [6.45, 7) is 0.969. The van der Waals surface area contributed by atoms with Crippen LogP contribution in [0.15, 0.2) is 30.3 Å².